The van der Waals surface area contributed by atoms with E-state index in [4.69, 9.17) is 4.74 Å². The van der Waals surface area contributed by atoms with Gasteiger partial charge in [-0.2, -0.15) is 0 Å². The molecule has 0 heterocycles. The van der Waals surface area contributed by atoms with Crippen molar-refractivity contribution in [3.63, 3.8) is 0 Å². The Balaban J connectivity index is 1.93. The smallest absolute Gasteiger partial charge is 0.133 e. The molecule has 2 nitrogen and oxygen atoms in total. The van der Waals surface area contributed by atoms with Crippen LogP contribution in [0.5, 0.6) is 5.75 Å². The van der Waals surface area contributed by atoms with E-state index < -0.39 is 0 Å². The van der Waals surface area contributed by atoms with Crippen molar-refractivity contribution in [2.75, 3.05) is 7.11 Å². The number of methoxy groups -OCH3 is 1. The average Bonchev–Trinajstić information content (AvgIpc) is 2.41. The fourth-order valence-corrected chi connectivity index (χ4v) is 2.56. The molecule has 0 aliphatic rings. The minimum absolute atomic E-state index is 0.844. The third kappa shape index (κ3) is 3.82. The molecule has 3 heteroatoms. The zero-order chi connectivity index (χ0) is 13.7. The second-order valence-electron chi connectivity index (χ2n) is 4.50. The number of nitrogens with one attached hydrogen (secondary N) is 1. The topological polar surface area (TPSA) is 21.3 Å². The van der Waals surface area contributed by atoms with E-state index in [1.807, 2.05) is 6.07 Å². The van der Waals surface area contributed by atoms with Crippen molar-refractivity contribution >= 4 is 15.9 Å². The molecule has 0 saturated carbocycles. The highest BCUT2D eigenvalue weighted by Gasteiger charge is 2.02. The van der Waals surface area contributed by atoms with Crippen molar-refractivity contribution in [3.8, 4) is 5.75 Å². The van der Waals surface area contributed by atoms with Crippen molar-refractivity contribution in [1.29, 1.82) is 0 Å². The van der Waals surface area contributed by atoms with Crippen LogP contribution in [0.1, 0.15) is 16.7 Å². The SMILES string of the molecule is COc1ccc(CNCc2ccccc2C)cc1Br. The van der Waals surface area contributed by atoms with Gasteiger partial charge >= 0.3 is 0 Å². The Bertz CT molecular complexity index is 554. The summed E-state index contributed by atoms with van der Waals surface area (Å²) in [6.07, 6.45) is 0. The fraction of sp³-hybridized carbons (Fsp3) is 0.250. The third-order valence-electron chi connectivity index (χ3n) is 3.12. The van der Waals surface area contributed by atoms with Crippen LogP contribution in [0.15, 0.2) is 46.9 Å². The average molecular weight is 320 g/mol. The summed E-state index contributed by atoms with van der Waals surface area (Å²) in [7, 11) is 1.68. The molecule has 19 heavy (non-hydrogen) atoms. The van der Waals surface area contributed by atoms with Gasteiger partial charge in [-0.1, -0.05) is 30.3 Å². The van der Waals surface area contributed by atoms with Gasteiger partial charge in [0.25, 0.3) is 0 Å². The van der Waals surface area contributed by atoms with Gasteiger partial charge in [-0.05, 0) is 51.7 Å². The van der Waals surface area contributed by atoms with Crippen molar-refractivity contribution in [2.24, 2.45) is 0 Å². The van der Waals surface area contributed by atoms with Gasteiger partial charge in [0.1, 0.15) is 5.75 Å². The maximum absolute atomic E-state index is 5.22. The summed E-state index contributed by atoms with van der Waals surface area (Å²) in [4.78, 5) is 0. The predicted molar refractivity (Wildman–Crippen MR) is 82.4 cm³/mol. The number of hydrogen-bond donors (Lipinski definition) is 1. The fourth-order valence-electron chi connectivity index (χ4n) is 1.97. The van der Waals surface area contributed by atoms with Crippen LogP contribution in [0.4, 0.5) is 0 Å². The second kappa shape index (κ2) is 6.73. The van der Waals surface area contributed by atoms with Crippen molar-refractivity contribution in [1.82, 2.24) is 5.32 Å². The maximum Gasteiger partial charge on any atom is 0.133 e. The minimum atomic E-state index is 0.844. The molecule has 0 bridgehead atoms. The largest absolute Gasteiger partial charge is 0.496 e. The van der Waals surface area contributed by atoms with Crippen molar-refractivity contribution < 1.29 is 4.74 Å². The molecule has 0 radical (unpaired) electrons. The first-order valence-corrected chi connectivity index (χ1v) is 7.07. The van der Waals surface area contributed by atoms with E-state index in [9.17, 15) is 0 Å². The maximum atomic E-state index is 5.22. The van der Waals surface area contributed by atoms with E-state index in [2.05, 4.69) is 64.6 Å². The van der Waals surface area contributed by atoms with E-state index >= 15 is 0 Å². The molecule has 2 rings (SSSR count). The Kier molecular flexibility index (Phi) is 5.00. The van der Waals surface area contributed by atoms with Crippen LogP contribution in [-0.2, 0) is 13.1 Å². The number of aryl methyl sites for hydroxylation is 1. The van der Waals surface area contributed by atoms with Gasteiger partial charge in [0, 0.05) is 13.1 Å². The first-order valence-electron chi connectivity index (χ1n) is 6.28. The summed E-state index contributed by atoms with van der Waals surface area (Å²) in [6.45, 7) is 3.87. The second-order valence-corrected chi connectivity index (χ2v) is 5.35. The monoisotopic (exact) mass is 319 g/mol. The number of ether oxygens (including phenoxy) is 1. The zero-order valence-electron chi connectivity index (χ0n) is 11.2. The summed E-state index contributed by atoms with van der Waals surface area (Å²) >= 11 is 3.50. The molecular weight excluding hydrogens is 302 g/mol. The van der Waals surface area contributed by atoms with Crippen LogP contribution in [-0.4, -0.2) is 7.11 Å². The molecule has 0 aliphatic carbocycles. The van der Waals surface area contributed by atoms with Crippen LogP contribution in [0.3, 0.4) is 0 Å². The molecule has 0 saturated heterocycles. The lowest BCUT2D eigenvalue weighted by atomic mass is 10.1. The van der Waals surface area contributed by atoms with Crippen LogP contribution in [0.2, 0.25) is 0 Å². The van der Waals surface area contributed by atoms with E-state index in [0.717, 1.165) is 23.3 Å². The van der Waals surface area contributed by atoms with Gasteiger partial charge in [0.05, 0.1) is 11.6 Å². The Hall–Kier alpha value is -1.32. The molecule has 2 aromatic carbocycles. The van der Waals surface area contributed by atoms with Gasteiger partial charge in [0.2, 0.25) is 0 Å². The molecule has 0 spiro atoms. The highest BCUT2D eigenvalue weighted by molar-refractivity contribution is 9.10. The lowest BCUT2D eigenvalue weighted by Crippen LogP contribution is -2.13. The number of rotatable bonds is 5. The Labute approximate surface area is 122 Å². The Morgan fingerprint density at radius 1 is 1.11 bits per heavy atom. The van der Waals surface area contributed by atoms with Gasteiger partial charge in [-0.15, -0.1) is 0 Å². The molecule has 0 atom stereocenters. The number of benzene rings is 2. The van der Waals surface area contributed by atoms with E-state index in [0.29, 0.717) is 0 Å². The molecule has 1 N–H and O–H groups in total. The third-order valence-corrected chi connectivity index (χ3v) is 3.74. The quantitative estimate of drug-likeness (QED) is 0.897. The number of halogens is 1. The summed E-state index contributed by atoms with van der Waals surface area (Å²) in [6, 6.07) is 14.6. The molecule has 0 aromatic heterocycles. The van der Waals surface area contributed by atoms with Gasteiger partial charge in [0.15, 0.2) is 0 Å². The van der Waals surface area contributed by atoms with Gasteiger partial charge < -0.3 is 10.1 Å². The lowest BCUT2D eigenvalue weighted by molar-refractivity contribution is 0.412. The lowest BCUT2D eigenvalue weighted by Gasteiger charge is -2.09. The summed E-state index contributed by atoms with van der Waals surface area (Å²) < 4.78 is 6.21. The van der Waals surface area contributed by atoms with Crippen molar-refractivity contribution in [2.45, 2.75) is 20.0 Å². The molecule has 0 aliphatic heterocycles. The standard InChI is InChI=1S/C16H18BrNO/c1-12-5-3-4-6-14(12)11-18-10-13-7-8-16(19-2)15(17)9-13/h3-9,18H,10-11H2,1-2H3. The summed E-state index contributed by atoms with van der Waals surface area (Å²) in [5.74, 6) is 0.864. The highest BCUT2D eigenvalue weighted by Crippen LogP contribution is 2.25. The van der Waals surface area contributed by atoms with Crippen molar-refractivity contribution in [3.05, 3.63) is 63.6 Å². The van der Waals surface area contributed by atoms with E-state index in [1.54, 1.807) is 7.11 Å². The molecule has 100 valence electrons. The van der Waals surface area contributed by atoms with E-state index in [1.165, 1.54) is 16.7 Å². The minimum Gasteiger partial charge on any atom is -0.496 e. The van der Waals surface area contributed by atoms with Crippen LogP contribution in [0, 0.1) is 6.92 Å². The van der Waals surface area contributed by atoms with Gasteiger partial charge in [-0.25, -0.2) is 0 Å². The molecular formula is C16H18BrNO. The summed E-state index contributed by atoms with van der Waals surface area (Å²) in [5.41, 5.74) is 3.90. The number of hydrogen-bond acceptors (Lipinski definition) is 2. The van der Waals surface area contributed by atoms with E-state index in [-0.39, 0.29) is 0 Å². The first kappa shape index (κ1) is 14.1. The van der Waals surface area contributed by atoms with Crippen LogP contribution in [0.25, 0.3) is 0 Å². The molecule has 0 fully saturated rings. The normalized spacial score (nSPS) is 10.5. The molecule has 0 unspecified atom stereocenters. The van der Waals surface area contributed by atoms with Gasteiger partial charge in [-0.3, -0.25) is 0 Å². The van der Waals surface area contributed by atoms with Crippen LogP contribution >= 0.6 is 15.9 Å². The van der Waals surface area contributed by atoms with Crippen LogP contribution < -0.4 is 10.1 Å². The molecule has 0 amide bonds. The first-order chi connectivity index (χ1) is 9.20. The highest BCUT2D eigenvalue weighted by atomic mass is 79.9. The predicted octanol–water partition coefficient (Wildman–Crippen LogP) is 4.06. The Morgan fingerprint density at radius 2 is 1.89 bits per heavy atom. The molecule has 2 aromatic rings. The Morgan fingerprint density at radius 3 is 2.58 bits per heavy atom. The summed E-state index contributed by atoms with van der Waals surface area (Å²) in [5, 5.41) is 3.46. The zero-order valence-corrected chi connectivity index (χ0v) is 12.8.